The number of anilines is 1. The predicted molar refractivity (Wildman–Crippen MR) is 125 cm³/mol. The number of amides is 1. The second-order valence-corrected chi connectivity index (χ2v) is 9.02. The van der Waals surface area contributed by atoms with E-state index in [0.29, 0.717) is 18.3 Å². The van der Waals surface area contributed by atoms with Gasteiger partial charge in [0.15, 0.2) is 0 Å². The van der Waals surface area contributed by atoms with Gasteiger partial charge in [0.25, 0.3) is 0 Å². The molecule has 2 aromatic rings. The highest BCUT2D eigenvalue weighted by Gasteiger charge is 2.19. The summed E-state index contributed by atoms with van der Waals surface area (Å²) < 4.78 is 11.2. The lowest BCUT2D eigenvalue weighted by molar-refractivity contribution is 0.0636. The quantitative estimate of drug-likeness (QED) is 0.602. The number of nitrogens with one attached hydrogen (secondary N) is 2. The molecule has 0 bridgehead atoms. The van der Waals surface area contributed by atoms with Crippen molar-refractivity contribution in [2.75, 3.05) is 31.6 Å². The SMILES string of the molecule is CC(C)(C)OC(=O)Nc1cccc(OCCNC2CCCN(Cc3ccccc3)C2)c1. The number of benzene rings is 2. The summed E-state index contributed by atoms with van der Waals surface area (Å²) in [5.41, 5.74) is 1.49. The van der Waals surface area contributed by atoms with Gasteiger partial charge >= 0.3 is 6.09 Å². The third-order valence-corrected chi connectivity index (χ3v) is 5.04. The van der Waals surface area contributed by atoms with E-state index in [1.165, 1.54) is 18.4 Å². The number of rotatable bonds is 8. The third-order valence-electron chi connectivity index (χ3n) is 5.04. The summed E-state index contributed by atoms with van der Waals surface area (Å²) in [4.78, 5) is 14.4. The molecule has 6 heteroatoms. The molecule has 2 aromatic carbocycles. The summed E-state index contributed by atoms with van der Waals surface area (Å²) in [6.45, 7) is 10.1. The number of ether oxygens (including phenoxy) is 2. The monoisotopic (exact) mass is 425 g/mol. The Hall–Kier alpha value is -2.57. The van der Waals surface area contributed by atoms with Crippen LogP contribution < -0.4 is 15.4 Å². The van der Waals surface area contributed by atoms with Crippen molar-refractivity contribution in [1.29, 1.82) is 0 Å². The fraction of sp³-hybridized carbons (Fsp3) is 0.480. The second kappa shape index (κ2) is 11.2. The number of piperidine rings is 1. The third kappa shape index (κ3) is 8.59. The first kappa shape index (κ1) is 23.1. The van der Waals surface area contributed by atoms with Crippen molar-refractivity contribution >= 4 is 11.8 Å². The van der Waals surface area contributed by atoms with Crippen LogP contribution in [0.25, 0.3) is 0 Å². The largest absolute Gasteiger partial charge is 0.492 e. The highest BCUT2D eigenvalue weighted by Crippen LogP contribution is 2.19. The molecule has 0 spiro atoms. The molecule has 2 N–H and O–H groups in total. The maximum Gasteiger partial charge on any atom is 0.412 e. The molecule has 31 heavy (non-hydrogen) atoms. The van der Waals surface area contributed by atoms with Gasteiger partial charge in [0, 0.05) is 37.4 Å². The van der Waals surface area contributed by atoms with E-state index in [1.54, 1.807) is 0 Å². The molecular formula is C25H35N3O3. The van der Waals surface area contributed by atoms with Gasteiger partial charge in [0.1, 0.15) is 18.0 Å². The van der Waals surface area contributed by atoms with Gasteiger partial charge in [-0.1, -0.05) is 36.4 Å². The zero-order chi connectivity index (χ0) is 22.1. The van der Waals surface area contributed by atoms with Crippen LogP contribution in [0.4, 0.5) is 10.5 Å². The minimum atomic E-state index is -0.528. The molecule has 0 aliphatic carbocycles. The molecule has 3 rings (SSSR count). The fourth-order valence-electron chi connectivity index (χ4n) is 3.72. The Kier molecular flexibility index (Phi) is 8.32. The lowest BCUT2D eigenvalue weighted by Crippen LogP contribution is -2.46. The lowest BCUT2D eigenvalue weighted by atomic mass is 10.0. The first-order valence-electron chi connectivity index (χ1n) is 11.1. The first-order valence-corrected chi connectivity index (χ1v) is 11.1. The Bertz CT molecular complexity index is 820. The van der Waals surface area contributed by atoms with E-state index < -0.39 is 11.7 Å². The van der Waals surface area contributed by atoms with E-state index in [1.807, 2.05) is 45.0 Å². The molecule has 0 aromatic heterocycles. The summed E-state index contributed by atoms with van der Waals surface area (Å²) in [5.74, 6) is 0.727. The number of hydrogen-bond acceptors (Lipinski definition) is 5. The molecular weight excluding hydrogens is 390 g/mol. The predicted octanol–water partition coefficient (Wildman–Crippen LogP) is 4.67. The number of carbonyl (C=O) groups is 1. The van der Waals surface area contributed by atoms with Gasteiger partial charge in [-0.25, -0.2) is 4.79 Å². The highest BCUT2D eigenvalue weighted by molar-refractivity contribution is 5.85. The summed E-state index contributed by atoms with van der Waals surface area (Å²) in [6, 6.07) is 18.5. The standard InChI is InChI=1S/C25H35N3O3/c1-25(2,3)31-24(29)27-21-11-7-13-23(17-21)30-16-14-26-22-12-8-15-28(19-22)18-20-9-5-4-6-10-20/h4-7,9-11,13,17,22,26H,8,12,14-16,18-19H2,1-3H3,(H,27,29). The van der Waals surface area contributed by atoms with Gasteiger partial charge in [-0.05, 0) is 57.9 Å². The lowest BCUT2D eigenvalue weighted by Gasteiger charge is -2.33. The van der Waals surface area contributed by atoms with E-state index in [-0.39, 0.29) is 0 Å². The van der Waals surface area contributed by atoms with Gasteiger partial charge in [-0.15, -0.1) is 0 Å². The maximum atomic E-state index is 11.9. The van der Waals surface area contributed by atoms with Crippen LogP contribution in [0.3, 0.4) is 0 Å². The number of likely N-dealkylation sites (tertiary alicyclic amines) is 1. The van der Waals surface area contributed by atoms with Gasteiger partial charge in [0.05, 0.1) is 0 Å². The van der Waals surface area contributed by atoms with Crippen molar-refractivity contribution < 1.29 is 14.3 Å². The molecule has 6 nitrogen and oxygen atoms in total. The molecule has 1 amide bonds. The van der Waals surface area contributed by atoms with E-state index >= 15 is 0 Å². The van der Waals surface area contributed by atoms with Crippen molar-refractivity contribution in [3.63, 3.8) is 0 Å². The summed E-state index contributed by atoms with van der Waals surface area (Å²) in [7, 11) is 0. The fourth-order valence-corrected chi connectivity index (χ4v) is 3.72. The number of hydrogen-bond donors (Lipinski definition) is 2. The normalized spacial score (nSPS) is 17.2. The van der Waals surface area contributed by atoms with Gasteiger partial charge in [-0.2, -0.15) is 0 Å². The first-order chi connectivity index (χ1) is 14.9. The van der Waals surface area contributed by atoms with Gasteiger partial charge < -0.3 is 14.8 Å². The minimum absolute atomic E-state index is 0.469. The van der Waals surface area contributed by atoms with Crippen LogP contribution in [-0.2, 0) is 11.3 Å². The molecule has 1 heterocycles. The van der Waals surface area contributed by atoms with Crippen LogP contribution in [0.1, 0.15) is 39.2 Å². The molecule has 1 saturated heterocycles. The minimum Gasteiger partial charge on any atom is -0.492 e. The highest BCUT2D eigenvalue weighted by atomic mass is 16.6. The Labute approximate surface area is 185 Å². The van der Waals surface area contributed by atoms with Crippen molar-refractivity contribution in [2.45, 2.75) is 51.8 Å². The maximum absolute atomic E-state index is 11.9. The van der Waals surface area contributed by atoms with Gasteiger partial charge in [0.2, 0.25) is 0 Å². The van der Waals surface area contributed by atoms with E-state index in [2.05, 4.69) is 45.9 Å². The molecule has 1 aliphatic rings. The second-order valence-electron chi connectivity index (χ2n) is 9.02. The number of nitrogens with zero attached hydrogens (tertiary/aromatic N) is 1. The van der Waals surface area contributed by atoms with Crippen LogP contribution in [0.15, 0.2) is 54.6 Å². The zero-order valence-corrected chi connectivity index (χ0v) is 18.9. The molecule has 168 valence electrons. The average molecular weight is 426 g/mol. The zero-order valence-electron chi connectivity index (χ0n) is 18.9. The molecule has 0 saturated carbocycles. The van der Waals surface area contributed by atoms with Crippen molar-refractivity contribution in [1.82, 2.24) is 10.2 Å². The Morgan fingerprint density at radius 3 is 2.71 bits per heavy atom. The molecule has 0 radical (unpaired) electrons. The van der Waals surface area contributed by atoms with Crippen LogP contribution in [0, 0.1) is 0 Å². The van der Waals surface area contributed by atoms with Crippen LogP contribution in [0.2, 0.25) is 0 Å². The topological polar surface area (TPSA) is 62.8 Å². The Morgan fingerprint density at radius 2 is 1.94 bits per heavy atom. The summed E-state index contributed by atoms with van der Waals surface area (Å²) in [6.07, 6.45) is 1.94. The van der Waals surface area contributed by atoms with Gasteiger partial charge in [-0.3, -0.25) is 10.2 Å². The Balaban J connectivity index is 1.38. The van der Waals surface area contributed by atoms with E-state index in [4.69, 9.17) is 9.47 Å². The van der Waals surface area contributed by atoms with E-state index in [9.17, 15) is 4.79 Å². The van der Waals surface area contributed by atoms with Crippen LogP contribution >= 0.6 is 0 Å². The number of carbonyl (C=O) groups excluding carboxylic acids is 1. The van der Waals surface area contributed by atoms with Crippen molar-refractivity contribution in [2.24, 2.45) is 0 Å². The average Bonchev–Trinajstić information content (AvgIpc) is 2.71. The van der Waals surface area contributed by atoms with Crippen molar-refractivity contribution in [3.8, 4) is 5.75 Å². The van der Waals surface area contributed by atoms with E-state index in [0.717, 1.165) is 31.9 Å². The summed E-state index contributed by atoms with van der Waals surface area (Å²) >= 11 is 0. The molecule has 1 atom stereocenters. The molecule has 1 fully saturated rings. The van der Waals surface area contributed by atoms with Crippen LogP contribution in [0.5, 0.6) is 5.75 Å². The molecule has 1 aliphatic heterocycles. The van der Waals surface area contributed by atoms with Crippen LogP contribution in [-0.4, -0.2) is 48.9 Å². The Morgan fingerprint density at radius 1 is 1.13 bits per heavy atom. The smallest absolute Gasteiger partial charge is 0.412 e. The summed E-state index contributed by atoms with van der Waals surface area (Å²) in [5, 5.41) is 6.37. The molecule has 1 unspecified atom stereocenters. The van der Waals surface area contributed by atoms with Crippen molar-refractivity contribution in [3.05, 3.63) is 60.2 Å².